The molecule has 2 aliphatic rings. The number of primary amides is 1. The van der Waals surface area contributed by atoms with Crippen molar-refractivity contribution >= 4 is 23.3 Å². The van der Waals surface area contributed by atoms with Crippen molar-refractivity contribution in [1.29, 1.82) is 0 Å². The number of carbonyl (C=O) groups is 2. The van der Waals surface area contributed by atoms with Gasteiger partial charge >= 0.3 is 0 Å². The van der Waals surface area contributed by atoms with Crippen LogP contribution in [0.2, 0.25) is 0 Å². The monoisotopic (exact) mass is 365 g/mol. The van der Waals surface area contributed by atoms with E-state index in [-0.39, 0.29) is 12.5 Å². The molecule has 0 aliphatic carbocycles. The summed E-state index contributed by atoms with van der Waals surface area (Å²) in [6.45, 7) is 7.04. The zero-order valence-electron chi connectivity index (χ0n) is 15.8. The molecule has 1 fully saturated rings. The molecule has 2 aromatic rings. The summed E-state index contributed by atoms with van der Waals surface area (Å²) in [6.07, 6.45) is 0.680. The summed E-state index contributed by atoms with van der Waals surface area (Å²) in [6, 6.07) is 7.69. The van der Waals surface area contributed by atoms with Crippen LogP contribution in [-0.4, -0.2) is 41.4 Å². The molecule has 1 spiro atoms. The second-order valence-electron chi connectivity index (χ2n) is 7.43. The smallest absolute Gasteiger partial charge is 0.240 e. The Kier molecular flexibility index (Phi) is 3.91. The van der Waals surface area contributed by atoms with Crippen LogP contribution in [0.25, 0.3) is 0 Å². The lowest BCUT2D eigenvalue weighted by Gasteiger charge is -2.25. The van der Waals surface area contributed by atoms with Gasteiger partial charge in [-0.15, -0.1) is 0 Å². The molecule has 3 heterocycles. The number of aromatic nitrogens is 2. The summed E-state index contributed by atoms with van der Waals surface area (Å²) >= 11 is 0. The fourth-order valence-electron chi connectivity index (χ4n) is 4.35. The van der Waals surface area contributed by atoms with Gasteiger partial charge in [0.2, 0.25) is 11.8 Å². The Bertz CT molecular complexity index is 957. The fourth-order valence-corrected chi connectivity index (χ4v) is 4.35. The number of hydrogen-bond acceptors (Lipinski definition) is 5. The molecule has 27 heavy (non-hydrogen) atoms. The van der Waals surface area contributed by atoms with Crippen LogP contribution < -0.4 is 15.5 Å². The summed E-state index contributed by atoms with van der Waals surface area (Å²) in [5.41, 5.74) is 8.47. The van der Waals surface area contributed by atoms with Gasteiger partial charge in [0.15, 0.2) is 0 Å². The van der Waals surface area contributed by atoms with Crippen LogP contribution in [0.1, 0.15) is 29.1 Å². The predicted molar refractivity (Wildman–Crippen MR) is 103 cm³/mol. The number of para-hydroxylation sites is 1. The third-order valence-electron chi connectivity index (χ3n) is 5.72. The zero-order valence-corrected chi connectivity index (χ0v) is 15.8. The van der Waals surface area contributed by atoms with E-state index in [0.29, 0.717) is 13.0 Å². The molecule has 4 rings (SSSR count). The minimum absolute atomic E-state index is 0.0508. The van der Waals surface area contributed by atoms with E-state index < -0.39 is 11.3 Å². The van der Waals surface area contributed by atoms with Gasteiger partial charge in [0.05, 0.1) is 5.41 Å². The molecule has 7 heteroatoms. The highest BCUT2D eigenvalue weighted by Gasteiger charge is 2.54. The topological polar surface area (TPSA) is 92.4 Å². The summed E-state index contributed by atoms with van der Waals surface area (Å²) in [5.74, 6) is 1.05. The molecule has 0 bridgehead atoms. The number of fused-ring (bicyclic) bond motifs is 2. The SMILES string of the molecule is Cc1nc(C)c(C)c(N2CCC3(C2)C(=O)N(CC(N)=O)c2ccccc23)n1. The highest BCUT2D eigenvalue weighted by Crippen LogP contribution is 2.48. The average molecular weight is 365 g/mol. The number of anilines is 2. The van der Waals surface area contributed by atoms with Crippen molar-refractivity contribution in [3.05, 3.63) is 46.9 Å². The number of nitrogens with zero attached hydrogens (tertiary/aromatic N) is 4. The van der Waals surface area contributed by atoms with Crippen LogP contribution in [0, 0.1) is 20.8 Å². The van der Waals surface area contributed by atoms with Crippen LogP contribution >= 0.6 is 0 Å². The number of rotatable bonds is 3. The van der Waals surface area contributed by atoms with Gasteiger partial charge in [0.1, 0.15) is 18.2 Å². The van der Waals surface area contributed by atoms with Gasteiger partial charge in [-0.05, 0) is 38.8 Å². The van der Waals surface area contributed by atoms with E-state index in [2.05, 4.69) is 14.9 Å². The van der Waals surface area contributed by atoms with Crippen LogP contribution in [0.15, 0.2) is 24.3 Å². The number of benzene rings is 1. The van der Waals surface area contributed by atoms with Gasteiger partial charge in [-0.1, -0.05) is 18.2 Å². The quantitative estimate of drug-likeness (QED) is 0.887. The Balaban J connectivity index is 1.75. The van der Waals surface area contributed by atoms with Crippen LogP contribution in [0.5, 0.6) is 0 Å². The molecule has 1 aromatic heterocycles. The molecule has 0 radical (unpaired) electrons. The van der Waals surface area contributed by atoms with Gasteiger partial charge in [-0.3, -0.25) is 9.59 Å². The van der Waals surface area contributed by atoms with Crippen molar-refractivity contribution in [1.82, 2.24) is 9.97 Å². The van der Waals surface area contributed by atoms with Crippen molar-refractivity contribution in [3.63, 3.8) is 0 Å². The van der Waals surface area contributed by atoms with E-state index in [1.165, 1.54) is 4.90 Å². The largest absolute Gasteiger partial charge is 0.368 e. The molecule has 2 N–H and O–H groups in total. The number of hydrogen-bond donors (Lipinski definition) is 1. The van der Waals surface area contributed by atoms with Crippen molar-refractivity contribution < 1.29 is 9.59 Å². The first kappa shape index (κ1) is 17.5. The Labute approximate surface area is 158 Å². The number of nitrogens with two attached hydrogens (primary N) is 1. The van der Waals surface area contributed by atoms with Gasteiger partial charge in [0, 0.05) is 30.0 Å². The summed E-state index contributed by atoms with van der Waals surface area (Å²) in [4.78, 5) is 37.7. The van der Waals surface area contributed by atoms with Crippen molar-refractivity contribution in [3.8, 4) is 0 Å². The van der Waals surface area contributed by atoms with Crippen molar-refractivity contribution in [2.24, 2.45) is 5.73 Å². The molecule has 140 valence electrons. The lowest BCUT2D eigenvalue weighted by Crippen LogP contribution is -2.45. The molecule has 0 saturated carbocycles. The minimum atomic E-state index is -0.661. The summed E-state index contributed by atoms with van der Waals surface area (Å²) < 4.78 is 0. The molecule has 1 aromatic carbocycles. The Morgan fingerprint density at radius 2 is 1.96 bits per heavy atom. The second kappa shape index (κ2) is 6.04. The first-order chi connectivity index (χ1) is 12.8. The van der Waals surface area contributed by atoms with E-state index >= 15 is 0 Å². The Morgan fingerprint density at radius 1 is 1.22 bits per heavy atom. The van der Waals surface area contributed by atoms with Gasteiger partial charge < -0.3 is 15.5 Å². The van der Waals surface area contributed by atoms with E-state index in [1.807, 2.05) is 45.0 Å². The molecule has 1 atom stereocenters. The van der Waals surface area contributed by atoms with Crippen molar-refractivity contribution in [2.45, 2.75) is 32.6 Å². The number of aryl methyl sites for hydroxylation is 2. The second-order valence-corrected chi connectivity index (χ2v) is 7.43. The zero-order chi connectivity index (χ0) is 19.3. The van der Waals surface area contributed by atoms with E-state index in [9.17, 15) is 9.59 Å². The van der Waals surface area contributed by atoms with Crippen LogP contribution in [0.4, 0.5) is 11.5 Å². The molecular formula is C20H23N5O2. The van der Waals surface area contributed by atoms with Gasteiger partial charge in [0.25, 0.3) is 0 Å². The molecule has 7 nitrogen and oxygen atoms in total. The normalized spacial score (nSPS) is 21.2. The molecular weight excluding hydrogens is 342 g/mol. The highest BCUT2D eigenvalue weighted by atomic mass is 16.2. The average Bonchev–Trinajstić information content (AvgIpc) is 3.16. The van der Waals surface area contributed by atoms with Crippen molar-refractivity contribution in [2.75, 3.05) is 29.4 Å². The van der Waals surface area contributed by atoms with E-state index in [0.717, 1.165) is 40.7 Å². The lowest BCUT2D eigenvalue weighted by molar-refractivity contribution is -0.124. The Morgan fingerprint density at radius 3 is 2.70 bits per heavy atom. The van der Waals surface area contributed by atoms with E-state index in [4.69, 9.17) is 5.73 Å². The minimum Gasteiger partial charge on any atom is -0.368 e. The third kappa shape index (κ3) is 2.57. The maximum Gasteiger partial charge on any atom is 0.240 e. The predicted octanol–water partition coefficient (Wildman–Crippen LogP) is 1.38. The maximum atomic E-state index is 13.4. The van der Waals surface area contributed by atoms with Gasteiger partial charge in [-0.25, -0.2) is 9.97 Å². The molecule has 2 amide bonds. The molecule has 1 saturated heterocycles. The molecule has 1 unspecified atom stereocenters. The Hall–Kier alpha value is -2.96. The molecule has 2 aliphatic heterocycles. The maximum absolute atomic E-state index is 13.4. The first-order valence-corrected chi connectivity index (χ1v) is 9.10. The summed E-state index contributed by atoms with van der Waals surface area (Å²) in [7, 11) is 0. The highest BCUT2D eigenvalue weighted by molar-refractivity contribution is 6.11. The first-order valence-electron chi connectivity index (χ1n) is 9.10. The standard InChI is InChI=1S/C20H23N5O2/c1-12-13(2)22-14(3)23-18(12)24-9-8-20(11-24)15-6-4-5-7-16(15)25(19(20)27)10-17(21)26/h4-7H,8-11H2,1-3H3,(H2,21,26). The summed E-state index contributed by atoms with van der Waals surface area (Å²) in [5, 5.41) is 0. The van der Waals surface area contributed by atoms with Crippen LogP contribution in [-0.2, 0) is 15.0 Å². The lowest BCUT2D eigenvalue weighted by atomic mass is 9.81. The third-order valence-corrected chi connectivity index (χ3v) is 5.72. The number of amides is 2. The van der Waals surface area contributed by atoms with Gasteiger partial charge in [-0.2, -0.15) is 0 Å². The fraction of sp³-hybridized carbons (Fsp3) is 0.400. The van der Waals surface area contributed by atoms with E-state index in [1.54, 1.807) is 0 Å². The van der Waals surface area contributed by atoms with Crippen LogP contribution in [0.3, 0.4) is 0 Å². The number of carbonyl (C=O) groups excluding carboxylic acids is 2.